The minimum atomic E-state index is -0.451. The molecule has 0 amide bonds. The van der Waals surface area contributed by atoms with Crippen molar-refractivity contribution in [1.29, 1.82) is 0 Å². The number of aliphatic hydroxyl groups excluding tert-OH is 1. The zero-order valence-corrected chi connectivity index (χ0v) is 9.87. The molecule has 0 saturated carbocycles. The molecule has 0 fully saturated rings. The van der Waals surface area contributed by atoms with Gasteiger partial charge in [-0.25, -0.2) is 0 Å². The molecule has 0 heterocycles. The Labute approximate surface area is 81.7 Å². The molecular weight excluding hydrogens is 166 g/mol. The Morgan fingerprint density at radius 3 is 1.08 bits per heavy atom. The van der Waals surface area contributed by atoms with Crippen LogP contribution in [-0.4, -0.2) is 74.0 Å². The quantitative estimate of drug-likeness (QED) is 0.615. The van der Waals surface area contributed by atoms with Crippen LogP contribution in [0.2, 0.25) is 0 Å². The van der Waals surface area contributed by atoms with Crippen LogP contribution in [0, 0.1) is 0 Å². The van der Waals surface area contributed by atoms with Crippen LogP contribution in [0.5, 0.6) is 0 Å². The Bertz CT molecular complexity index is 117. The van der Waals surface area contributed by atoms with Crippen molar-refractivity contribution in [2.45, 2.75) is 18.8 Å². The molecule has 0 aliphatic heterocycles. The molecule has 13 heavy (non-hydrogen) atoms. The van der Waals surface area contributed by atoms with Gasteiger partial charge in [-0.15, -0.1) is 0 Å². The van der Waals surface area contributed by atoms with E-state index < -0.39 is 11.9 Å². The van der Waals surface area contributed by atoms with Gasteiger partial charge in [0.2, 0.25) is 0 Å². The molecule has 80 valence electrons. The Kier molecular flexibility index (Phi) is 4.32. The van der Waals surface area contributed by atoms with E-state index in [1.807, 2.05) is 57.0 Å². The minimum absolute atomic E-state index is 0.444. The van der Waals surface area contributed by atoms with Gasteiger partial charge >= 0.3 is 0 Å². The van der Waals surface area contributed by atoms with Gasteiger partial charge in [0.05, 0.1) is 6.10 Å². The molecule has 4 heteroatoms. The molecule has 1 unspecified atom stereocenters. The molecule has 0 spiro atoms. The molecule has 1 N–H and O–H groups in total. The van der Waals surface area contributed by atoms with Crippen molar-refractivity contribution in [2.24, 2.45) is 0 Å². The molecule has 0 saturated heterocycles. The van der Waals surface area contributed by atoms with E-state index in [-0.39, 0.29) is 0 Å². The second-order valence-corrected chi connectivity index (χ2v) is 4.05. The summed E-state index contributed by atoms with van der Waals surface area (Å²) in [4.78, 5) is 6.03. The van der Waals surface area contributed by atoms with Crippen molar-refractivity contribution in [3.8, 4) is 0 Å². The number of nitrogens with zero attached hydrogens (tertiary/aromatic N) is 3. The van der Waals surface area contributed by atoms with E-state index in [9.17, 15) is 5.11 Å². The highest BCUT2D eigenvalue weighted by Gasteiger charge is 2.42. The molecule has 0 bridgehead atoms. The van der Waals surface area contributed by atoms with Gasteiger partial charge in [-0.1, -0.05) is 0 Å². The van der Waals surface area contributed by atoms with Crippen LogP contribution in [0.1, 0.15) is 6.92 Å². The molecule has 0 aromatic rings. The second kappa shape index (κ2) is 4.37. The van der Waals surface area contributed by atoms with Gasteiger partial charge < -0.3 is 5.11 Å². The number of hydrogen-bond donors (Lipinski definition) is 1. The monoisotopic (exact) mass is 189 g/mol. The van der Waals surface area contributed by atoms with E-state index in [4.69, 9.17) is 0 Å². The zero-order valence-electron chi connectivity index (χ0n) is 9.87. The molecule has 0 aromatic carbocycles. The number of aliphatic hydroxyl groups is 1. The molecular formula is C9H23N3O. The fourth-order valence-electron chi connectivity index (χ4n) is 2.32. The summed E-state index contributed by atoms with van der Waals surface area (Å²) in [5, 5.41) is 9.85. The number of likely N-dealkylation sites (N-methyl/N-ethyl adjacent to an activating group) is 3. The minimum Gasteiger partial charge on any atom is -0.389 e. The van der Waals surface area contributed by atoms with Crippen LogP contribution >= 0.6 is 0 Å². The summed E-state index contributed by atoms with van der Waals surface area (Å²) < 4.78 is 0. The largest absolute Gasteiger partial charge is 0.389 e. The van der Waals surface area contributed by atoms with Gasteiger partial charge in [0.15, 0.2) is 5.79 Å². The number of rotatable bonds is 4. The summed E-state index contributed by atoms with van der Waals surface area (Å²) >= 11 is 0. The fourth-order valence-corrected chi connectivity index (χ4v) is 2.32. The van der Waals surface area contributed by atoms with Gasteiger partial charge in [-0.05, 0) is 49.2 Å². The van der Waals surface area contributed by atoms with Gasteiger partial charge in [0.25, 0.3) is 0 Å². The molecule has 0 aromatic heterocycles. The smallest absolute Gasteiger partial charge is 0.156 e. The van der Waals surface area contributed by atoms with E-state index >= 15 is 0 Å². The molecule has 4 nitrogen and oxygen atoms in total. The van der Waals surface area contributed by atoms with Gasteiger partial charge in [-0.3, -0.25) is 14.7 Å². The van der Waals surface area contributed by atoms with Gasteiger partial charge in [-0.2, -0.15) is 0 Å². The van der Waals surface area contributed by atoms with Gasteiger partial charge in [0.1, 0.15) is 0 Å². The molecule has 1 atom stereocenters. The lowest BCUT2D eigenvalue weighted by molar-refractivity contribution is -0.174. The SMILES string of the molecule is CC(O)C(N(C)C)(N(C)C)N(C)C. The molecule has 0 rings (SSSR count). The van der Waals surface area contributed by atoms with Crippen molar-refractivity contribution in [1.82, 2.24) is 14.7 Å². The second-order valence-electron chi connectivity index (χ2n) is 4.05. The lowest BCUT2D eigenvalue weighted by Gasteiger charge is -2.51. The van der Waals surface area contributed by atoms with Crippen molar-refractivity contribution < 1.29 is 5.11 Å². The highest BCUT2D eigenvalue weighted by Crippen LogP contribution is 2.22. The summed E-state index contributed by atoms with van der Waals surface area (Å²) in [6.07, 6.45) is -0.451. The maximum absolute atomic E-state index is 9.85. The summed E-state index contributed by atoms with van der Waals surface area (Å²) in [5.41, 5.74) is 0. The third-order valence-electron chi connectivity index (χ3n) is 2.54. The maximum atomic E-state index is 9.85. The fraction of sp³-hybridized carbons (Fsp3) is 1.00. The normalized spacial score (nSPS) is 15.9. The van der Waals surface area contributed by atoms with Crippen molar-refractivity contribution in [2.75, 3.05) is 42.3 Å². The standard InChI is InChI=1S/C9H23N3O/c1-8(13)9(10(2)3,11(4)5)12(6)7/h8,13H,1-7H3. The summed E-state index contributed by atoms with van der Waals surface area (Å²) in [7, 11) is 11.8. The van der Waals surface area contributed by atoms with E-state index in [0.717, 1.165) is 0 Å². The lowest BCUT2D eigenvalue weighted by Crippen LogP contribution is -2.69. The first kappa shape index (κ1) is 12.8. The third kappa shape index (κ3) is 2.02. The van der Waals surface area contributed by atoms with E-state index in [1.54, 1.807) is 6.92 Å². The average Bonchev–Trinajstić information content (AvgIpc) is 1.82. The number of hydrogen-bond acceptors (Lipinski definition) is 4. The Morgan fingerprint density at radius 2 is 1.08 bits per heavy atom. The highest BCUT2D eigenvalue weighted by atomic mass is 16.3. The van der Waals surface area contributed by atoms with Crippen LogP contribution in [0.15, 0.2) is 0 Å². The average molecular weight is 189 g/mol. The van der Waals surface area contributed by atoms with Crippen molar-refractivity contribution >= 4 is 0 Å². The Hall–Kier alpha value is -0.160. The first-order valence-electron chi connectivity index (χ1n) is 4.48. The maximum Gasteiger partial charge on any atom is 0.156 e. The van der Waals surface area contributed by atoms with Crippen LogP contribution in [0.25, 0.3) is 0 Å². The van der Waals surface area contributed by atoms with Gasteiger partial charge in [0, 0.05) is 0 Å². The van der Waals surface area contributed by atoms with E-state index in [0.29, 0.717) is 0 Å². The van der Waals surface area contributed by atoms with Crippen molar-refractivity contribution in [3.05, 3.63) is 0 Å². The van der Waals surface area contributed by atoms with Crippen LogP contribution in [0.4, 0.5) is 0 Å². The summed E-state index contributed by atoms with van der Waals surface area (Å²) in [5.74, 6) is -0.444. The van der Waals surface area contributed by atoms with E-state index in [2.05, 4.69) is 0 Å². The Morgan fingerprint density at radius 1 is 0.846 bits per heavy atom. The first-order chi connectivity index (χ1) is 5.77. The molecule has 0 radical (unpaired) electrons. The summed E-state index contributed by atoms with van der Waals surface area (Å²) in [6.45, 7) is 1.81. The topological polar surface area (TPSA) is 30.0 Å². The highest BCUT2D eigenvalue weighted by molar-refractivity contribution is 4.87. The molecule has 0 aliphatic carbocycles. The predicted molar refractivity (Wildman–Crippen MR) is 55.5 cm³/mol. The Balaban J connectivity index is 5.06. The lowest BCUT2D eigenvalue weighted by atomic mass is 10.1. The first-order valence-corrected chi connectivity index (χ1v) is 4.48. The van der Waals surface area contributed by atoms with Crippen LogP contribution in [-0.2, 0) is 0 Å². The van der Waals surface area contributed by atoms with Crippen LogP contribution in [0.3, 0.4) is 0 Å². The third-order valence-corrected chi connectivity index (χ3v) is 2.54. The predicted octanol–water partition coefficient (Wildman–Crippen LogP) is -0.294. The molecule has 0 aliphatic rings. The van der Waals surface area contributed by atoms with Crippen LogP contribution < -0.4 is 0 Å². The van der Waals surface area contributed by atoms with Crippen molar-refractivity contribution in [3.63, 3.8) is 0 Å². The zero-order chi connectivity index (χ0) is 10.8. The van der Waals surface area contributed by atoms with E-state index in [1.165, 1.54) is 0 Å². The summed E-state index contributed by atoms with van der Waals surface area (Å²) in [6, 6.07) is 0.